The van der Waals surface area contributed by atoms with E-state index in [1.807, 2.05) is 0 Å². The van der Waals surface area contributed by atoms with E-state index < -0.39 is 0 Å². The molecule has 0 aliphatic heterocycles. The van der Waals surface area contributed by atoms with Gasteiger partial charge in [-0.05, 0) is 84.9 Å². The Morgan fingerprint density at radius 1 is 0.500 bits per heavy atom. The van der Waals surface area contributed by atoms with E-state index in [0.29, 0.717) is 5.41 Å². The summed E-state index contributed by atoms with van der Waals surface area (Å²) >= 11 is 19.4. The number of rotatable bonds is 23. The zero-order valence-corrected chi connectivity index (χ0v) is 23.3. The Bertz CT molecular complexity index is 265. The lowest BCUT2D eigenvalue weighted by atomic mass is 9.72. The molecule has 0 aromatic carbocycles. The van der Waals surface area contributed by atoms with Gasteiger partial charge in [0.1, 0.15) is 0 Å². The molecule has 0 saturated carbocycles. The van der Waals surface area contributed by atoms with Crippen molar-refractivity contribution in [3.63, 3.8) is 0 Å². The fourth-order valence-electron chi connectivity index (χ4n) is 3.82. The van der Waals surface area contributed by atoms with Gasteiger partial charge in [0.2, 0.25) is 0 Å². The van der Waals surface area contributed by atoms with Crippen LogP contribution in [0, 0.1) is 5.41 Å². The SMILES string of the molecule is CCCCCCC(CCCSCCS)(CCCSCCS)CCCSCCS. The highest BCUT2D eigenvalue weighted by atomic mass is 32.2. The van der Waals surface area contributed by atoms with Crippen molar-refractivity contribution in [3.05, 3.63) is 0 Å². The molecule has 0 fully saturated rings. The molecule has 0 atom stereocenters. The Hall–Kier alpha value is 2.10. The van der Waals surface area contributed by atoms with Crippen LogP contribution < -0.4 is 0 Å². The van der Waals surface area contributed by atoms with Gasteiger partial charge in [0.15, 0.2) is 0 Å². The van der Waals surface area contributed by atoms with Crippen LogP contribution in [0.3, 0.4) is 0 Å². The standard InChI is InChI=1S/C22H46S6/c1-2-3-4-5-9-22(10-6-16-26-19-13-23,11-7-17-27-20-14-24)12-8-18-28-21-15-25/h23-25H,2-21H2,1H3. The summed E-state index contributed by atoms with van der Waals surface area (Å²) in [5, 5.41) is 0. The third-order valence-electron chi connectivity index (χ3n) is 5.25. The van der Waals surface area contributed by atoms with Crippen molar-refractivity contribution in [1.29, 1.82) is 0 Å². The lowest BCUT2D eigenvalue weighted by Crippen LogP contribution is -2.22. The minimum atomic E-state index is 0.596. The summed E-state index contributed by atoms with van der Waals surface area (Å²) in [7, 11) is 0. The van der Waals surface area contributed by atoms with E-state index in [2.05, 4.69) is 80.1 Å². The predicted molar refractivity (Wildman–Crippen MR) is 152 cm³/mol. The molecule has 0 saturated heterocycles. The highest BCUT2D eigenvalue weighted by Crippen LogP contribution is 2.41. The molecule has 0 N–H and O–H groups in total. The van der Waals surface area contributed by atoms with Gasteiger partial charge >= 0.3 is 0 Å². The van der Waals surface area contributed by atoms with Gasteiger partial charge in [0.05, 0.1) is 0 Å². The second-order valence-electron chi connectivity index (χ2n) is 7.63. The third kappa shape index (κ3) is 18.8. The monoisotopic (exact) mass is 502 g/mol. The summed E-state index contributed by atoms with van der Waals surface area (Å²) in [5.74, 6) is 10.6. The van der Waals surface area contributed by atoms with Gasteiger partial charge in [-0.2, -0.15) is 73.2 Å². The number of unbranched alkanes of at least 4 members (excludes halogenated alkanes) is 3. The van der Waals surface area contributed by atoms with Crippen LogP contribution in [0.4, 0.5) is 0 Å². The van der Waals surface area contributed by atoms with Crippen molar-refractivity contribution in [2.75, 3.05) is 51.8 Å². The van der Waals surface area contributed by atoms with Crippen LogP contribution in [0.5, 0.6) is 0 Å². The van der Waals surface area contributed by atoms with E-state index in [1.165, 1.54) is 105 Å². The lowest BCUT2D eigenvalue weighted by molar-refractivity contribution is 0.187. The molecule has 0 rings (SSSR count). The molecule has 0 spiro atoms. The second-order valence-corrected chi connectivity index (χ2v) is 12.6. The molecule has 28 heavy (non-hydrogen) atoms. The zero-order chi connectivity index (χ0) is 20.8. The van der Waals surface area contributed by atoms with Gasteiger partial charge in [-0.25, -0.2) is 0 Å². The van der Waals surface area contributed by atoms with Crippen LogP contribution in [-0.4, -0.2) is 51.8 Å². The summed E-state index contributed by atoms with van der Waals surface area (Å²) in [6.45, 7) is 2.32. The van der Waals surface area contributed by atoms with Gasteiger partial charge in [-0.15, -0.1) is 0 Å². The number of thioether (sulfide) groups is 3. The first-order valence-corrected chi connectivity index (χ1v) is 16.7. The van der Waals surface area contributed by atoms with Gasteiger partial charge in [-0.3, -0.25) is 0 Å². The van der Waals surface area contributed by atoms with Crippen LogP contribution in [0.2, 0.25) is 0 Å². The van der Waals surface area contributed by atoms with E-state index in [1.54, 1.807) is 0 Å². The number of hydrogen-bond donors (Lipinski definition) is 3. The maximum Gasteiger partial charge on any atom is 0.00210 e. The quantitative estimate of drug-likeness (QED) is 0.0950. The first-order chi connectivity index (χ1) is 13.7. The second kappa shape index (κ2) is 23.8. The van der Waals surface area contributed by atoms with Crippen LogP contribution in [0.25, 0.3) is 0 Å². The van der Waals surface area contributed by atoms with Crippen LogP contribution in [0.1, 0.15) is 77.6 Å². The minimum Gasteiger partial charge on any atom is -0.179 e. The molecule has 0 nitrogen and oxygen atoms in total. The molecule has 0 aliphatic rings. The summed E-state index contributed by atoms with van der Waals surface area (Å²) < 4.78 is 0. The van der Waals surface area contributed by atoms with Gasteiger partial charge < -0.3 is 0 Å². The minimum absolute atomic E-state index is 0.596. The van der Waals surface area contributed by atoms with Crippen LogP contribution >= 0.6 is 73.2 Å². The van der Waals surface area contributed by atoms with Crippen molar-refractivity contribution < 1.29 is 0 Å². The van der Waals surface area contributed by atoms with Gasteiger partial charge in [0, 0.05) is 17.3 Å². The van der Waals surface area contributed by atoms with Gasteiger partial charge in [0.25, 0.3) is 0 Å². The zero-order valence-electron chi connectivity index (χ0n) is 18.2. The molecule has 0 aromatic rings. The van der Waals surface area contributed by atoms with E-state index in [9.17, 15) is 0 Å². The molecular weight excluding hydrogens is 457 g/mol. The Balaban J connectivity index is 4.66. The molecular formula is C22H46S6. The maximum absolute atomic E-state index is 4.36. The van der Waals surface area contributed by atoms with Crippen molar-refractivity contribution in [1.82, 2.24) is 0 Å². The van der Waals surface area contributed by atoms with Crippen LogP contribution in [-0.2, 0) is 0 Å². The Kier molecular flexibility index (Phi) is 25.5. The molecule has 0 bridgehead atoms. The normalized spacial score (nSPS) is 12.0. The fraction of sp³-hybridized carbons (Fsp3) is 1.00. The molecule has 0 heterocycles. The molecule has 0 radical (unpaired) electrons. The van der Waals surface area contributed by atoms with E-state index in [0.717, 1.165) is 17.3 Å². The molecule has 6 heteroatoms. The molecule has 0 aromatic heterocycles. The van der Waals surface area contributed by atoms with Crippen LogP contribution in [0.15, 0.2) is 0 Å². The molecule has 0 aliphatic carbocycles. The average Bonchev–Trinajstić information content (AvgIpc) is 2.70. The van der Waals surface area contributed by atoms with Crippen molar-refractivity contribution in [2.24, 2.45) is 5.41 Å². The van der Waals surface area contributed by atoms with Gasteiger partial charge in [-0.1, -0.05) is 32.6 Å². The van der Waals surface area contributed by atoms with Crippen molar-refractivity contribution in [2.45, 2.75) is 77.6 Å². The Labute approximate surface area is 206 Å². The highest BCUT2D eigenvalue weighted by molar-refractivity contribution is 8.00. The molecule has 0 amide bonds. The predicted octanol–water partition coefficient (Wildman–Crippen LogP) is 8.27. The summed E-state index contributed by atoms with van der Waals surface area (Å²) in [6, 6.07) is 0. The largest absolute Gasteiger partial charge is 0.179 e. The van der Waals surface area contributed by atoms with E-state index >= 15 is 0 Å². The van der Waals surface area contributed by atoms with E-state index in [-0.39, 0.29) is 0 Å². The Morgan fingerprint density at radius 2 is 0.893 bits per heavy atom. The lowest BCUT2D eigenvalue weighted by Gasteiger charge is -2.35. The summed E-state index contributed by atoms with van der Waals surface area (Å²) in [6.07, 6.45) is 15.5. The highest BCUT2D eigenvalue weighted by Gasteiger charge is 2.28. The first kappa shape index (κ1) is 30.1. The topological polar surface area (TPSA) is 0 Å². The summed E-state index contributed by atoms with van der Waals surface area (Å²) in [5.41, 5.74) is 0.596. The van der Waals surface area contributed by atoms with Crippen molar-refractivity contribution >= 4 is 73.2 Å². The molecule has 0 unspecified atom stereocenters. The first-order valence-electron chi connectivity index (χ1n) is 11.3. The Morgan fingerprint density at radius 3 is 1.25 bits per heavy atom. The average molecular weight is 503 g/mol. The number of thiol groups is 3. The number of hydrogen-bond acceptors (Lipinski definition) is 6. The van der Waals surface area contributed by atoms with E-state index in [4.69, 9.17) is 0 Å². The smallest absolute Gasteiger partial charge is 0.00210 e. The van der Waals surface area contributed by atoms with Crippen molar-refractivity contribution in [3.8, 4) is 0 Å². The maximum atomic E-state index is 4.36. The molecule has 170 valence electrons. The third-order valence-corrected chi connectivity index (χ3v) is 10.0. The fourth-order valence-corrected chi connectivity index (χ4v) is 7.03. The summed E-state index contributed by atoms with van der Waals surface area (Å²) in [4.78, 5) is 0.